The first-order chi connectivity index (χ1) is 15.5. The number of hydrogen-bond acceptors (Lipinski definition) is 6. The molecule has 2 heterocycles. The quantitative estimate of drug-likeness (QED) is 0.184. The van der Waals surface area contributed by atoms with Crippen LogP contribution in [-0.2, 0) is 4.79 Å². The average Bonchev–Trinajstić information content (AvgIpc) is 3.35. The van der Waals surface area contributed by atoms with Gasteiger partial charge in [-0.25, -0.2) is 4.99 Å². The van der Waals surface area contributed by atoms with Crippen molar-refractivity contribution < 1.29 is 14.1 Å². The first kappa shape index (κ1) is 21.6. The molecule has 3 aromatic rings. The van der Waals surface area contributed by atoms with Crippen molar-refractivity contribution in [2.75, 3.05) is 6.54 Å². The maximum Gasteiger partial charge on any atom is 0.270 e. The van der Waals surface area contributed by atoms with E-state index in [0.29, 0.717) is 38.7 Å². The number of furan rings is 1. The second-order valence-corrected chi connectivity index (χ2v) is 8.08. The number of carbonyl (C=O) groups excluding carboxylic acids is 1. The van der Waals surface area contributed by atoms with Crippen LogP contribution in [-0.4, -0.2) is 27.4 Å². The fourth-order valence-corrected chi connectivity index (χ4v) is 4.21. The van der Waals surface area contributed by atoms with Crippen LogP contribution in [0, 0.1) is 10.1 Å². The second-order valence-electron chi connectivity index (χ2n) is 6.67. The second kappa shape index (κ2) is 9.25. The minimum atomic E-state index is -0.499. The number of aliphatic imine (C=N–C) groups is 1. The summed E-state index contributed by atoms with van der Waals surface area (Å²) in [7, 11) is 0. The lowest BCUT2D eigenvalue weighted by Crippen LogP contribution is -2.29. The first-order valence-electron chi connectivity index (χ1n) is 9.46. The number of para-hydroxylation sites is 1. The Bertz CT molecular complexity index is 1270. The molecule has 7 nitrogen and oxygen atoms in total. The molecule has 32 heavy (non-hydrogen) atoms. The van der Waals surface area contributed by atoms with Gasteiger partial charge in [0.05, 0.1) is 20.5 Å². The molecule has 1 aliphatic rings. The van der Waals surface area contributed by atoms with Crippen molar-refractivity contribution in [2.24, 2.45) is 4.99 Å². The van der Waals surface area contributed by atoms with Crippen LogP contribution in [0.2, 0.25) is 5.02 Å². The molecule has 9 heteroatoms. The Balaban J connectivity index is 1.65. The molecule has 0 radical (unpaired) electrons. The van der Waals surface area contributed by atoms with Gasteiger partial charge < -0.3 is 4.42 Å². The number of nitro groups is 1. The minimum absolute atomic E-state index is 0.0935. The van der Waals surface area contributed by atoms with E-state index in [0.717, 1.165) is 5.69 Å². The molecule has 0 atom stereocenters. The first-order valence-corrected chi connectivity index (χ1v) is 10.7. The summed E-state index contributed by atoms with van der Waals surface area (Å²) in [5.41, 5.74) is 1.04. The van der Waals surface area contributed by atoms with Gasteiger partial charge >= 0.3 is 0 Å². The number of benzene rings is 2. The van der Waals surface area contributed by atoms with E-state index in [4.69, 9.17) is 16.0 Å². The predicted octanol–water partition coefficient (Wildman–Crippen LogP) is 6.30. The largest absolute Gasteiger partial charge is 0.457 e. The van der Waals surface area contributed by atoms with Crippen LogP contribution in [0.1, 0.15) is 5.76 Å². The Kier molecular flexibility index (Phi) is 6.25. The van der Waals surface area contributed by atoms with Crippen LogP contribution in [0.25, 0.3) is 17.4 Å². The summed E-state index contributed by atoms with van der Waals surface area (Å²) in [4.78, 5) is 30.0. The number of thioether (sulfide) groups is 1. The molecule has 2 aromatic carbocycles. The van der Waals surface area contributed by atoms with Gasteiger partial charge in [0.2, 0.25) is 0 Å². The summed E-state index contributed by atoms with van der Waals surface area (Å²) in [6, 6.07) is 16.8. The third-order valence-electron chi connectivity index (χ3n) is 4.51. The molecule has 1 aromatic heterocycles. The monoisotopic (exact) mass is 465 g/mol. The van der Waals surface area contributed by atoms with Gasteiger partial charge in [0.1, 0.15) is 11.5 Å². The van der Waals surface area contributed by atoms with Crippen molar-refractivity contribution in [1.82, 2.24) is 4.90 Å². The van der Waals surface area contributed by atoms with E-state index in [1.165, 1.54) is 34.9 Å². The Morgan fingerprint density at radius 1 is 1.19 bits per heavy atom. The van der Waals surface area contributed by atoms with Crippen molar-refractivity contribution >= 4 is 51.9 Å². The summed E-state index contributed by atoms with van der Waals surface area (Å²) < 4.78 is 5.82. The van der Waals surface area contributed by atoms with Gasteiger partial charge in [0.15, 0.2) is 5.17 Å². The average molecular weight is 466 g/mol. The normalized spacial score (nSPS) is 16.2. The van der Waals surface area contributed by atoms with E-state index < -0.39 is 4.92 Å². The highest BCUT2D eigenvalue weighted by Gasteiger charge is 2.33. The highest BCUT2D eigenvalue weighted by atomic mass is 35.5. The molecule has 0 spiro atoms. The molecule has 1 saturated heterocycles. The van der Waals surface area contributed by atoms with E-state index in [2.05, 4.69) is 11.6 Å². The number of amides is 1. The standard InChI is InChI=1S/C23H16ClN3O4S/c1-2-12-26-22(28)21(32-23(26)25-15-6-4-3-5-7-15)14-17-9-11-20(31-17)18-13-16(27(29)30)8-10-19(18)24/h2-11,13-14H,1,12H2/b21-14+,25-23?. The number of nitro benzene ring substituents is 1. The van der Waals surface area contributed by atoms with Crippen molar-refractivity contribution in [3.8, 4) is 11.3 Å². The third kappa shape index (κ3) is 4.51. The molecule has 4 rings (SSSR count). The van der Waals surface area contributed by atoms with Crippen molar-refractivity contribution in [2.45, 2.75) is 0 Å². The molecule has 0 unspecified atom stereocenters. The number of hydrogen-bond donors (Lipinski definition) is 0. The molecular weight excluding hydrogens is 450 g/mol. The molecule has 0 N–H and O–H groups in total. The van der Waals surface area contributed by atoms with Crippen molar-refractivity contribution in [3.63, 3.8) is 0 Å². The van der Waals surface area contributed by atoms with Crippen LogP contribution in [0.15, 0.2) is 87.6 Å². The van der Waals surface area contributed by atoms with E-state index in [1.54, 1.807) is 24.3 Å². The highest BCUT2D eigenvalue weighted by molar-refractivity contribution is 8.18. The molecule has 0 aliphatic carbocycles. The van der Waals surface area contributed by atoms with Gasteiger partial charge in [0.25, 0.3) is 11.6 Å². The number of halogens is 1. The van der Waals surface area contributed by atoms with Crippen LogP contribution < -0.4 is 0 Å². The zero-order valence-electron chi connectivity index (χ0n) is 16.6. The zero-order chi connectivity index (χ0) is 22.7. The Hall–Kier alpha value is -3.62. The fraction of sp³-hybridized carbons (Fsp3) is 0.0435. The summed E-state index contributed by atoms with van der Waals surface area (Å²) >= 11 is 7.44. The van der Waals surface area contributed by atoms with E-state index >= 15 is 0 Å². The van der Waals surface area contributed by atoms with Crippen LogP contribution in [0.4, 0.5) is 11.4 Å². The maximum absolute atomic E-state index is 12.9. The maximum atomic E-state index is 12.9. The van der Waals surface area contributed by atoms with Gasteiger partial charge in [-0.3, -0.25) is 19.8 Å². The number of non-ortho nitro benzene ring substituents is 1. The minimum Gasteiger partial charge on any atom is -0.457 e. The molecular formula is C23H16ClN3O4S. The lowest BCUT2D eigenvalue weighted by molar-refractivity contribution is -0.384. The molecule has 0 bridgehead atoms. The molecule has 1 fully saturated rings. The third-order valence-corrected chi connectivity index (χ3v) is 5.84. The van der Waals surface area contributed by atoms with Gasteiger partial charge in [0, 0.05) is 30.3 Å². The number of amidine groups is 1. The van der Waals surface area contributed by atoms with Crippen LogP contribution >= 0.6 is 23.4 Å². The van der Waals surface area contributed by atoms with Crippen molar-refractivity contribution in [1.29, 1.82) is 0 Å². The molecule has 160 valence electrons. The summed E-state index contributed by atoms with van der Waals surface area (Å²) in [5, 5.41) is 11.9. The lowest BCUT2D eigenvalue weighted by atomic mass is 10.1. The summed E-state index contributed by atoms with van der Waals surface area (Å²) in [5.74, 6) is 0.566. The van der Waals surface area contributed by atoms with E-state index in [9.17, 15) is 14.9 Å². The number of nitrogens with zero attached hydrogens (tertiary/aromatic N) is 3. The van der Waals surface area contributed by atoms with Gasteiger partial charge in [-0.15, -0.1) is 6.58 Å². The van der Waals surface area contributed by atoms with E-state index in [-0.39, 0.29) is 11.6 Å². The highest BCUT2D eigenvalue weighted by Crippen LogP contribution is 2.36. The van der Waals surface area contributed by atoms with Gasteiger partial charge in [-0.2, -0.15) is 0 Å². The molecule has 1 aliphatic heterocycles. The van der Waals surface area contributed by atoms with Crippen LogP contribution in [0.3, 0.4) is 0 Å². The zero-order valence-corrected chi connectivity index (χ0v) is 18.2. The summed E-state index contributed by atoms with van der Waals surface area (Å²) in [6.07, 6.45) is 3.25. The molecule has 1 amide bonds. The summed E-state index contributed by atoms with van der Waals surface area (Å²) in [6.45, 7) is 4.04. The lowest BCUT2D eigenvalue weighted by Gasteiger charge is -2.12. The van der Waals surface area contributed by atoms with Gasteiger partial charge in [-0.05, 0) is 42.1 Å². The smallest absolute Gasteiger partial charge is 0.270 e. The van der Waals surface area contributed by atoms with E-state index in [1.807, 2.05) is 30.3 Å². The molecule has 0 saturated carbocycles. The fourth-order valence-electron chi connectivity index (χ4n) is 3.01. The number of rotatable bonds is 6. The van der Waals surface area contributed by atoms with Crippen molar-refractivity contribution in [3.05, 3.63) is 99.1 Å². The predicted molar refractivity (Wildman–Crippen MR) is 127 cm³/mol. The Morgan fingerprint density at radius 3 is 2.69 bits per heavy atom. The number of carbonyl (C=O) groups is 1. The topological polar surface area (TPSA) is 89.0 Å². The Labute approximate surface area is 192 Å². The SMILES string of the molecule is C=CCN1C(=O)/C(=C\c2ccc(-c3cc([N+](=O)[O-])ccc3Cl)o2)SC1=Nc1ccccc1. The van der Waals surface area contributed by atoms with Crippen LogP contribution in [0.5, 0.6) is 0 Å². The Morgan fingerprint density at radius 2 is 1.97 bits per heavy atom. The van der Waals surface area contributed by atoms with Gasteiger partial charge in [-0.1, -0.05) is 35.9 Å².